The van der Waals surface area contributed by atoms with Gasteiger partial charge in [0.15, 0.2) is 0 Å². The van der Waals surface area contributed by atoms with Gasteiger partial charge in [-0.1, -0.05) is 15.9 Å². The van der Waals surface area contributed by atoms with Gasteiger partial charge in [-0.25, -0.2) is 4.39 Å². The van der Waals surface area contributed by atoms with Crippen molar-refractivity contribution in [1.82, 2.24) is 4.90 Å². The fourth-order valence-corrected chi connectivity index (χ4v) is 2.79. The first kappa shape index (κ1) is 16.7. The third-order valence-electron chi connectivity index (χ3n) is 3.25. The smallest absolute Gasteiger partial charge is 0.128 e. The Kier molecular flexibility index (Phi) is 7.07. The highest BCUT2D eigenvalue weighted by atomic mass is 79.9. The predicted molar refractivity (Wildman–Crippen MR) is 80.5 cm³/mol. The van der Waals surface area contributed by atoms with E-state index in [1.807, 2.05) is 0 Å². The lowest BCUT2D eigenvalue weighted by molar-refractivity contribution is 0.199. The molecule has 0 spiro atoms. The molecule has 2 N–H and O–H groups in total. The monoisotopic (exact) mass is 352 g/mol. The summed E-state index contributed by atoms with van der Waals surface area (Å²) in [6, 6.07) is 5.06. The molecule has 0 aromatic heterocycles. The van der Waals surface area contributed by atoms with Crippen LogP contribution in [-0.4, -0.2) is 37.2 Å². The van der Waals surface area contributed by atoms with Crippen molar-refractivity contribution in [3.05, 3.63) is 28.5 Å². The van der Waals surface area contributed by atoms with Crippen LogP contribution in [0.3, 0.4) is 0 Å². The summed E-state index contributed by atoms with van der Waals surface area (Å²) < 4.78 is 19.4. The minimum absolute atomic E-state index is 0. The lowest BCUT2D eigenvalue weighted by atomic mass is 10.2. The van der Waals surface area contributed by atoms with Crippen LogP contribution in [0.5, 0.6) is 5.75 Å². The lowest BCUT2D eigenvalue weighted by Crippen LogP contribution is -2.37. The fraction of sp³-hybridized carbons (Fsp3) is 0.538. The summed E-state index contributed by atoms with van der Waals surface area (Å²) in [6.07, 6.45) is 2.37. The molecule has 0 saturated carbocycles. The molecular formula is C13H19BrClFN2O. The molecule has 1 aliphatic heterocycles. The van der Waals surface area contributed by atoms with E-state index in [1.54, 1.807) is 6.07 Å². The van der Waals surface area contributed by atoms with Crippen LogP contribution in [0, 0.1) is 5.82 Å². The Labute approximate surface area is 127 Å². The molecule has 1 aliphatic rings. The normalized spacial score (nSPS) is 19.2. The second-order valence-corrected chi connectivity index (χ2v) is 5.44. The summed E-state index contributed by atoms with van der Waals surface area (Å²) in [5.74, 6) is 0.269. The second kappa shape index (κ2) is 8.04. The van der Waals surface area contributed by atoms with Crippen LogP contribution in [0.1, 0.15) is 12.8 Å². The molecule has 1 heterocycles. The third kappa shape index (κ3) is 4.91. The molecule has 2 rings (SSSR count). The highest BCUT2D eigenvalue weighted by Gasteiger charge is 2.22. The van der Waals surface area contributed by atoms with E-state index in [1.165, 1.54) is 25.0 Å². The second-order valence-electron chi connectivity index (χ2n) is 4.52. The van der Waals surface area contributed by atoms with Crippen molar-refractivity contribution in [3.8, 4) is 5.75 Å². The predicted octanol–water partition coefficient (Wildman–Crippen LogP) is 2.81. The number of halogens is 3. The third-order valence-corrected chi connectivity index (χ3v) is 3.71. The molecule has 1 saturated heterocycles. The molecule has 19 heavy (non-hydrogen) atoms. The van der Waals surface area contributed by atoms with E-state index in [2.05, 4.69) is 20.8 Å². The Morgan fingerprint density at radius 1 is 1.42 bits per heavy atom. The maximum absolute atomic E-state index is 13.1. The van der Waals surface area contributed by atoms with Crippen molar-refractivity contribution in [2.45, 2.75) is 18.9 Å². The molecule has 0 amide bonds. The molecule has 1 aromatic rings. The van der Waals surface area contributed by atoms with E-state index in [0.717, 1.165) is 13.1 Å². The molecule has 1 fully saturated rings. The van der Waals surface area contributed by atoms with E-state index in [9.17, 15) is 4.39 Å². The molecule has 3 nitrogen and oxygen atoms in total. The van der Waals surface area contributed by atoms with E-state index in [0.29, 0.717) is 29.4 Å². The lowest BCUT2D eigenvalue weighted by Gasteiger charge is -2.22. The molecule has 1 unspecified atom stereocenters. The highest BCUT2D eigenvalue weighted by Crippen LogP contribution is 2.21. The van der Waals surface area contributed by atoms with Crippen LogP contribution in [0.25, 0.3) is 0 Å². The number of benzene rings is 1. The van der Waals surface area contributed by atoms with Gasteiger partial charge in [-0.05, 0) is 31.5 Å². The molecule has 1 atom stereocenters. The van der Waals surface area contributed by atoms with Crippen molar-refractivity contribution < 1.29 is 9.13 Å². The van der Waals surface area contributed by atoms with Crippen molar-refractivity contribution in [2.75, 3.05) is 26.2 Å². The Bertz CT molecular complexity index is 388. The Hall–Kier alpha value is -0.360. The molecular weight excluding hydrogens is 335 g/mol. The van der Waals surface area contributed by atoms with Gasteiger partial charge < -0.3 is 10.5 Å². The Morgan fingerprint density at radius 3 is 2.89 bits per heavy atom. The van der Waals surface area contributed by atoms with Crippen LogP contribution in [0.4, 0.5) is 4.39 Å². The number of rotatable bonds is 5. The molecule has 6 heteroatoms. The minimum atomic E-state index is -0.291. The number of hydrogen-bond donors (Lipinski definition) is 1. The Morgan fingerprint density at radius 2 is 2.21 bits per heavy atom. The fourth-order valence-electron chi connectivity index (χ4n) is 2.35. The van der Waals surface area contributed by atoms with Crippen molar-refractivity contribution >= 4 is 28.3 Å². The van der Waals surface area contributed by atoms with Crippen molar-refractivity contribution in [3.63, 3.8) is 0 Å². The van der Waals surface area contributed by atoms with Gasteiger partial charge in [0, 0.05) is 29.7 Å². The zero-order chi connectivity index (χ0) is 13.0. The van der Waals surface area contributed by atoms with Gasteiger partial charge >= 0.3 is 0 Å². The van der Waals surface area contributed by atoms with Crippen LogP contribution < -0.4 is 10.5 Å². The summed E-state index contributed by atoms with van der Waals surface area (Å²) in [5.41, 5.74) is 5.71. The zero-order valence-corrected chi connectivity index (χ0v) is 13.1. The number of nitrogens with two attached hydrogens (primary N) is 1. The average Bonchev–Trinajstić information content (AvgIpc) is 2.75. The molecule has 0 radical (unpaired) electrons. The maximum Gasteiger partial charge on any atom is 0.128 e. The molecule has 0 aliphatic carbocycles. The van der Waals surface area contributed by atoms with Crippen LogP contribution in [-0.2, 0) is 0 Å². The van der Waals surface area contributed by atoms with E-state index >= 15 is 0 Å². The number of likely N-dealkylation sites (tertiary alicyclic amines) is 1. The van der Waals surface area contributed by atoms with Crippen LogP contribution in [0.15, 0.2) is 22.7 Å². The van der Waals surface area contributed by atoms with Crippen LogP contribution >= 0.6 is 28.3 Å². The van der Waals surface area contributed by atoms with Crippen molar-refractivity contribution in [1.29, 1.82) is 0 Å². The first-order chi connectivity index (χ1) is 8.69. The minimum Gasteiger partial charge on any atom is -0.492 e. The van der Waals surface area contributed by atoms with Crippen LogP contribution in [0.2, 0.25) is 0 Å². The van der Waals surface area contributed by atoms with Gasteiger partial charge in [0.1, 0.15) is 18.2 Å². The quantitative estimate of drug-likeness (QED) is 0.884. The summed E-state index contributed by atoms with van der Waals surface area (Å²) in [6.45, 7) is 3.19. The van der Waals surface area contributed by atoms with Crippen molar-refractivity contribution in [2.24, 2.45) is 5.73 Å². The first-order valence-electron chi connectivity index (χ1n) is 6.22. The molecule has 0 bridgehead atoms. The number of hydrogen-bond acceptors (Lipinski definition) is 3. The van der Waals surface area contributed by atoms with Gasteiger partial charge in [-0.3, -0.25) is 4.90 Å². The first-order valence-corrected chi connectivity index (χ1v) is 7.01. The summed E-state index contributed by atoms with van der Waals surface area (Å²) in [7, 11) is 0. The Balaban J connectivity index is 0.00000180. The topological polar surface area (TPSA) is 38.5 Å². The summed E-state index contributed by atoms with van der Waals surface area (Å²) in [5, 5.41) is 0. The SMILES string of the molecule is Cl.NCC1CCCN1CCOc1cc(F)cc(Br)c1. The zero-order valence-electron chi connectivity index (χ0n) is 10.6. The standard InChI is InChI=1S/C13H18BrFN2O.ClH/c14-10-6-11(15)8-13(7-10)18-5-4-17-3-1-2-12(17)9-16;/h6-8,12H,1-5,9,16H2;1H. The largest absolute Gasteiger partial charge is 0.492 e. The van der Waals surface area contributed by atoms with Gasteiger partial charge in [0.05, 0.1) is 0 Å². The number of nitrogens with zero attached hydrogens (tertiary/aromatic N) is 1. The van der Waals surface area contributed by atoms with E-state index in [-0.39, 0.29) is 18.2 Å². The van der Waals surface area contributed by atoms with E-state index < -0.39 is 0 Å². The van der Waals surface area contributed by atoms with Gasteiger partial charge in [-0.2, -0.15) is 0 Å². The summed E-state index contributed by atoms with van der Waals surface area (Å²) >= 11 is 3.24. The highest BCUT2D eigenvalue weighted by molar-refractivity contribution is 9.10. The molecule has 108 valence electrons. The van der Waals surface area contributed by atoms with E-state index in [4.69, 9.17) is 10.5 Å². The van der Waals surface area contributed by atoms with Gasteiger partial charge in [0.25, 0.3) is 0 Å². The van der Waals surface area contributed by atoms with Gasteiger partial charge in [0.2, 0.25) is 0 Å². The maximum atomic E-state index is 13.1. The number of ether oxygens (including phenoxy) is 1. The summed E-state index contributed by atoms with van der Waals surface area (Å²) in [4.78, 5) is 2.34. The van der Waals surface area contributed by atoms with Gasteiger partial charge in [-0.15, -0.1) is 12.4 Å². The molecule has 1 aromatic carbocycles. The average molecular weight is 354 g/mol.